The van der Waals surface area contributed by atoms with E-state index >= 15 is 0 Å². The van der Waals surface area contributed by atoms with Crippen LogP contribution in [0.15, 0.2) is 36.4 Å². The lowest BCUT2D eigenvalue weighted by molar-refractivity contribution is -0.119. The molecular formula is C21H24N4O2. The lowest BCUT2D eigenvalue weighted by Gasteiger charge is -2.35. The fourth-order valence-corrected chi connectivity index (χ4v) is 3.90. The monoisotopic (exact) mass is 364 g/mol. The Kier molecular flexibility index (Phi) is 4.56. The number of fused-ring (bicyclic) bond motifs is 1. The highest BCUT2D eigenvalue weighted by Gasteiger charge is 2.30. The molecule has 2 aromatic rings. The number of nitrogens with one attached hydrogen (secondary N) is 2. The molecule has 0 saturated heterocycles. The quantitative estimate of drug-likeness (QED) is 0.875. The maximum Gasteiger partial charge on any atom is 0.256 e. The molecule has 6 heteroatoms. The minimum atomic E-state index is -0.293. The molecule has 2 heterocycles. The number of carbonyl (C=O) groups excluding carboxylic acids is 2. The van der Waals surface area contributed by atoms with E-state index in [4.69, 9.17) is 0 Å². The van der Waals surface area contributed by atoms with Crippen LogP contribution in [0, 0.1) is 12.8 Å². The maximum atomic E-state index is 12.5. The van der Waals surface area contributed by atoms with E-state index in [9.17, 15) is 9.59 Å². The third-order valence-electron chi connectivity index (χ3n) is 5.47. The first-order valence-electron chi connectivity index (χ1n) is 9.45. The predicted octanol–water partition coefficient (Wildman–Crippen LogP) is 3.40. The predicted molar refractivity (Wildman–Crippen MR) is 105 cm³/mol. The number of anilines is 2. The molecule has 2 amide bonds. The molecule has 1 aromatic heterocycles. The van der Waals surface area contributed by atoms with Crippen LogP contribution in [0.4, 0.5) is 11.5 Å². The van der Waals surface area contributed by atoms with Crippen molar-refractivity contribution in [3.8, 4) is 0 Å². The van der Waals surface area contributed by atoms with Crippen molar-refractivity contribution in [1.29, 1.82) is 0 Å². The molecule has 1 saturated carbocycles. The molecule has 4 rings (SSSR count). The van der Waals surface area contributed by atoms with Crippen molar-refractivity contribution in [2.24, 2.45) is 5.92 Å². The number of pyridine rings is 1. The molecule has 0 radical (unpaired) electrons. The smallest absolute Gasteiger partial charge is 0.256 e. The molecule has 140 valence electrons. The zero-order valence-corrected chi connectivity index (χ0v) is 15.7. The Labute approximate surface area is 159 Å². The van der Waals surface area contributed by atoms with Crippen molar-refractivity contribution in [3.05, 3.63) is 53.2 Å². The van der Waals surface area contributed by atoms with Gasteiger partial charge in [0.15, 0.2) is 0 Å². The van der Waals surface area contributed by atoms with E-state index in [1.165, 1.54) is 0 Å². The summed E-state index contributed by atoms with van der Waals surface area (Å²) >= 11 is 0. The molecule has 27 heavy (non-hydrogen) atoms. The van der Waals surface area contributed by atoms with Crippen LogP contribution >= 0.6 is 0 Å². The fourth-order valence-electron chi connectivity index (χ4n) is 3.90. The second-order valence-electron chi connectivity index (χ2n) is 7.40. The van der Waals surface area contributed by atoms with Crippen molar-refractivity contribution in [1.82, 2.24) is 10.3 Å². The summed E-state index contributed by atoms with van der Waals surface area (Å²) in [6.45, 7) is 1.91. The van der Waals surface area contributed by atoms with Crippen LogP contribution < -0.4 is 15.5 Å². The first-order valence-corrected chi connectivity index (χ1v) is 9.45. The van der Waals surface area contributed by atoms with E-state index in [0.717, 1.165) is 42.6 Å². The number of hydrogen-bond donors (Lipinski definition) is 2. The Morgan fingerprint density at radius 1 is 1.15 bits per heavy atom. The summed E-state index contributed by atoms with van der Waals surface area (Å²) in [4.78, 5) is 31.2. The van der Waals surface area contributed by atoms with Gasteiger partial charge in [-0.2, -0.15) is 0 Å². The number of nitrogens with zero attached hydrogens (tertiary/aromatic N) is 2. The summed E-state index contributed by atoms with van der Waals surface area (Å²) in [6.07, 6.45) is 3.95. The number of carbonyl (C=O) groups is 2. The van der Waals surface area contributed by atoms with Gasteiger partial charge < -0.3 is 15.5 Å². The summed E-state index contributed by atoms with van der Waals surface area (Å²) in [5.41, 5.74) is 3.19. The summed E-state index contributed by atoms with van der Waals surface area (Å²) in [5, 5.41) is 6.03. The number of hydrogen-bond acceptors (Lipinski definition) is 4. The van der Waals surface area contributed by atoms with Crippen molar-refractivity contribution in [2.75, 3.05) is 17.3 Å². The topological polar surface area (TPSA) is 74.3 Å². The number of aromatic nitrogens is 1. The molecule has 0 unspecified atom stereocenters. The standard InChI is InChI=1S/C21H24N4O2/c1-13-7-12-17-19(22-13)25(2)18(24-21(17)27)14-8-10-16(11-9-14)23-20(26)15-5-3-4-6-15/h7-12,15,18H,3-6H2,1-2H3,(H,23,26)(H,24,27)/t18-/m0/s1. The largest absolute Gasteiger partial charge is 0.335 e. The molecule has 1 aliphatic carbocycles. The number of rotatable bonds is 3. The maximum absolute atomic E-state index is 12.5. The van der Waals surface area contributed by atoms with Crippen LogP contribution in [0.5, 0.6) is 0 Å². The van der Waals surface area contributed by atoms with Crippen molar-refractivity contribution in [3.63, 3.8) is 0 Å². The summed E-state index contributed by atoms with van der Waals surface area (Å²) in [6, 6.07) is 11.3. The Hall–Kier alpha value is -2.89. The SMILES string of the molecule is Cc1ccc2c(n1)N(C)[C@@H](c1ccc(NC(=O)C3CCCC3)cc1)NC2=O. The van der Waals surface area contributed by atoms with Gasteiger partial charge in [-0.15, -0.1) is 0 Å². The van der Waals surface area contributed by atoms with Crippen LogP contribution in [-0.2, 0) is 4.79 Å². The zero-order valence-electron chi connectivity index (χ0n) is 15.7. The van der Waals surface area contributed by atoms with Gasteiger partial charge in [-0.3, -0.25) is 9.59 Å². The first-order chi connectivity index (χ1) is 13.0. The molecule has 1 atom stereocenters. The molecule has 2 N–H and O–H groups in total. The average molecular weight is 364 g/mol. The minimum absolute atomic E-state index is 0.108. The highest BCUT2D eigenvalue weighted by Crippen LogP contribution is 2.31. The summed E-state index contributed by atoms with van der Waals surface area (Å²) in [5.74, 6) is 0.803. The van der Waals surface area contributed by atoms with Crippen molar-refractivity contribution < 1.29 is 9.59 Å². The third kappa shape index (κ3) is 3.39. The van der Waals surface area contributed by atoms with E-state index < -0.39 is 0 Å². The van der Waals surface area contributed by atoms with Gasteiger partial charge in [-0.1, -0.05) is 25.0 Å². The van der Waals surface area contributed by atoms with E-state index in [-0.39, 0.29) is 23.9 Å². The fraction of sp³-hybridized carbons (Fsp3) is 0.381. The number of aryl methyl sites for hydroxylation is 1. The van der Waals surface area contributed by atoms with Gasteiger partial charge in [0.05, 0.1) is 5.56 Å². The lowest BCUT2D eigenvalue weighted by atomic mass is 10.1. The number of benzene rings is 1. The summed E-state index contributed by atoms with van der Waals surface area (Å²) < 4.78 is 0. The molecule has 1 aromatic carbocycles. The van der Waals surface area contributed by atoms with E-state index in [0.29, 0.717) is 11.4 Å². The van der Waals surface area contributed by atoms with Crippen molar-refractivity contribution in [2.45, 2.75) is 38.8 Å². The van der Waals surface area contributed by atoms with Crippen LogP contribution in [0.2, 0.25) is 0 Å². The van der Waals surface area contributed by atoms with Crippen LogP contribution in [0.3, 0.4) is 0 Å². The van der Waals surface area contributed by atoms with Gasteiger partial charge in [-0.25, -0.2) is 4.98 Å². The third-order valence-corrected chi connectivity index (χ3v) is 5.47. The van der Waals surface area contributed by atoms with E-state index in [2.05, 4.69) is 15.6 Å². The van der Waals surface area contributed by atoms with Crippen LogP contribution in [-0.4, -0.2) is 23.8 Å². The summed E-state index contributed by atoms with van der Waals surface area (Å²) in [7, 11) is 1.92. The Morgan fingerprint density at radius 3 is 2.56 bits per heavy atom. The second kappa shape index (κ2) is 7.02. The Balaban J connectivity index is 1.52. The van der Waals surface area contributed by atoms with Gasteiger partial charge in [0.25, 0.3) is 5.91 Å². The van der Waals surface area contributed by atoms with Gasteiger partial charge in [0.1, 0.15) is 12.0 Å². The average Bonchev–Trinajstić information content (AvgIpc) is 3.20. The highest BCUT2D eigenvalue weighted by atomic mass is 16.2. The second-order valence-corrected chi connectivity index (χ2v) is 7.40. The normalized spacial score (nSPS) is 19.6. The molecule has 2 aliphatic rings. The molecule has 0 bridgehead atoms. The molecule has 1 fully saturated rings. The number of amides is 2. The van der Waals surface area contributed by atoms with Crippen LogP contribution in [0.1, 0.15) is 53.5 Å². The van der Waals surface area contributed by atoms with Crippen LogP contribution in [0.25, 0.3) is 0 Å². The van der Waals surface area contributed by atoms with Crippen molar-refractivity contribution >= 4 is 23.3 Å². The first kappa shape index (κ1) is 17.5. The molecule has 0 spiro atoms. The molecular weight excluding hydrogens is 340 g/mol. The molecule has 1 aliphatic heterocycles. The minimum Gasteiger partial charge on any atom is -0.335 e. The van der Waals surface area contributed by atoms with E-state index in [1.807, 2.05) is 49.2 Å². The highest BCUT2D eigenvalue weighted by molar-refractivity contribution is 6.01. The van der Waals surface area contributed by atoms with Gasteiger partial charge in [0.2, 0.25) is 5.91 Å². The van der Waals surface area contributed by atoms with Gasteiger partial charge >= 0.3 is 0 Å². The van der Waals surface area contributed by atoms with Gasteiger partial charge in [-0.05, 0) is 49.6 Å². The lowest BCUT2D eigenvalue weighted by Crippen LogP contribution is -2.45. The van der Waals surface area contributed by atoms with E-state index in [1.54, 1.807) is 6.07 Å². The zero-order chi connectivity index (χ0) is 19.0. The molecule has 6 nitrogen and oxygen atoms in total. The Morgan fingerprint density at radius 2 is 1.85 bits per heavy atom. The Bertz CT molecular complexity index is 872. The van der Waals surface area contributed by atoms with Gasteiger partial charge in [0, 0.05) is 24.3 Å².